The van der Waals surface area contributed by atoms with Crippen LogP contribution in [-0.2, 0) is 6.18 Å². The lowest BCUT2D eigenvalue weighted by Crippen LogP contribution is -2.30. The fourth-order valence-electron chi connectivity index (χ4n) is 4.24. The van der Waals surface area contributed by atoms with Crippen molar-refractivity contribution in [1.29, 1.82) is 0 Å². The third-order valence-corrected chi connectivity index (χ3v) is 6.30. The number of rotatable bonds is 4. The van der Waals surface area contributed by atoms with Gasteiger partial charge in [0.25, 0.3) is 0 Å². The Morgan fingerprint density at radius 3 is 2.41 bits per heavy atom. The Morgan fingerprint density at radius 1 is 0.912 bits per heavy atom. The van der Waals surface area contributed by atoms with Gasteiger partial charge in [0.1, 0.15) is 6.04 Å². The van der Waals surface area contributed by atoms with Gasteiger partial charge in [-0.05, 0) is 78.9 Å². The van der Waals surface area contributed by atoms with E-state index in [0.29, 0.717) is 15.8 Å². The summed E-state index contributed by atoms with van der Waals surface area (Å²) in [7, 11) is 0. The number of nitrogens with zero attached hydrogens (tertiary/aromatic N) is 3. The van der Waals surface area contributed by atoms with Crippen molar-refractivity contribution < 1.29 is 13.2 Å². The molecule has 0 bridgehead atoms. The molecule has 5 rings (SSSR count). The molecule has 4 nitrogen and oxygen atoms in total. The molecule has 2 aromatic heterocycles. The van der Waals surface area contributed by atoms with Gasteiger partial charge < -0.3 is 14.8 Å². The number of alkyl halides is 3. The molecule has 0 aliphatic carbocycles. The van der Waals surface area contributed by atoms with Crippen LogP contribution < -0.4 is 10.2 Å². The molecule has 1 saturated heterocycles. The van der Waals surface area contributed by atoms with E-state index < -0.39 is 11.7 Å². The average Bonchev–Trinajstić information content (AvgIpc) is 3.44. The van der Waals surface area contributed by atoms with Gasteiger partial charge >= 0.3 is 6.18 Å². The van der Waals surface area contributed by atoms with E-state index in [-0.39, 0.29) is 12.1 Å². The van der Waals surface area contributed by atoms with Crippen LogP contribution in [0.4, 0.5) is 18.9 Å². The summed E-state index contributed by atoms with van der Waals surface area (Å²) in [4.78, 5) is 6.47. The zero-order valence-corrected chi connectivity index (χ0v) is 19.1. The lowest BCUT2D eigenvalue weighted by Gasteiger charge is -2.29. The molecular weight excluding hydrogens is 481 g/mol. The van der Waals surface area contributed by atoms with E-state index in [1.165, 1.54) is 6.07 Å². The Bertz CT molecular complexity index is 1320. The van der Waals surface area contributed by atoms with Gasteiger partial charge in [0.05, 0.1) is 17.3 Å². The summed E-state index contributed by atoms with van der Waals surface area (Å²) in [6.07, 6.45) is -0.985. The van der Waals surface area contributed by atoms with Crippen LogP contribution in [0, 0.1) is 0 Å². The molecule has 0 radical (unpaired) electrons. The smallest absolute Gasteiger partial charge is 0.351 e. The Labute approximate surface area is 204 Å². The molecule has 34 heavy (non-hydrogen) atoms. The predicted molar refractivity (Wildman–Crippen MR) is 130 cm³/mol. The normalized spacial score (nSPS) is 18.2. The van der Waals surface area contributed by atoms with Crippen LogP contribution in [0.5, 0.6) is 0 Å². The fraction of sp³-hybridized carbons (Fsp3) is 0.120. The molecule has 1 aliphatic heterocycles. The van der Waals surface area contributed by atoms with Gasteiger partial charge in [-0.1, -0.05) is 23.7 Å². The molecule has 2 atom stereocenters. The monoisotopic (exact) mass is 498 g/mol. The van der Waals surface area contributed by atoms with Crippen LogP contribution in [0.25, 0.3) is 5.69 Å². The lowest BCUT2D eigenvalue weighted by atomic mass is 10.0. The first-order valence-electron chi connectivity index (χ1n) is 10.4. The largest absolute Gasteiger partial charge is 0.416 e. The molecule has 0 spiro atoms. The first kappa shape index (κ1) is 22.4. The number of pyridine rings is 1. The van der Waals surface area contributed by atoms with Crippen LogP contribution in [0.2, 0.25) is 5.02 Å². The van der Waals surface area contributed by atoms with Crippen LogP contribution in [-0.4, -0.2) is 14.7 Å². The molecule has 2 aromatic carbocycles. The van der Waals surface area contributed by atoms with Crippen molar-refractivity contribution in [2.75, 3.05) is 4.90 Å². The van der Waals surface area contributed by atoms with Gasteiger partial charge in [0, 0.05) is 34.5 Å². The van der Waals surface area contributed by atoms with E-state index in [0.717, 1.165) is 29.2 Å². The van der Waals surface area contributed by atoms with Crippen molar-refractivity contribution in [2.24, 2.45) is 0 Å². The maximum absolute atomic E-state index is 13.4. The molecule has 1 aliphatic rings. The summed E-state index contributed by atoms with van der Waals surface area (Å²) < 4.78 is 42.0. The molecule has 3 heterocycles. The second kappa shape index (κ2) is 8.77. The van der Waals surface area contributed by atoms with Crippen molar-refractivity contribution in [2.45, 2.75) is 18.3 Å². The van der Waals surface area contributed by atoms with Gasteiger partial charge in [-0.3, -0.25) is 4.98 Å². The molecule has 172 valence electrons. The third-order valence-electron chi connectivity index (χ3n) is 5.74. The van der Waals surface area contributed by atoms with Crippen molar-refractivity contribution in [3.8, 4) is 5.69 Å². The number of anilines is 1. The maximum atomic E-state index is 13.4. The summed E-state index contributed by atoms with van der Waals surface area (Å²) >= 11 is 11.8. The van der Waals surface area contributed by atoms with E-state index in [4.69, 9.17) is 23.8 Å². The number of hydrogen-bond acceptors (Lipinski definition) is 2. The minimum Gasteiger partial charge on any atom is -0.351 e. The van der Waals surface area contributed by atoms with Gasteiger partial charge in [-0.15, -0.1) is 0 Å². The lowest BCUT2D eigenvalue weighted by molar-refractivity contribution is -0.137. The summed E-state index contributed by atoms with van der Waals surface area (Å²) in [6, 6.07) is 21.2. The van der Waals surface area contributed by atoms with Gasteiger partial charge in [-0.25, -0.2) is 0 Å². The SMILES string of the molecule is FC(F)(F)c1cccc(-n2cccc2C2C(c3ccccn3)NC(=S)N2c2ccc(Cl)cc2)c1. The van der Waals surface area contributed by atoms with E-state index in [1.54, 1.807) is 35.2 Å². The molecule has 2 unspecified atom stereocenters. The van der Waals surface area contributed by atoms with Crippen molar-refractivity contribution in [3.63, 3.8) is 0 Å². The van der Waals surface area contributed by atoms with Crippen LogP contribution in [0.15, 0.2) is 91.3 Å². The average molecular weight is 499 g/mol. The number of hydrogen-bond donors (Lipinski definition) is 1. The predicted octanol–water partition coefficient (Wildman–Crippen LogP) is 6.72. The number of aromatic nitrogens is 2. The molecular formula is C25H18ClF3N4S. The summed E-state index contributed by atoms with van der Waals surface area (Å²) in [5.74, 6) is 0. The number of benzene rings is 2. The Kier molecular flexibility index (Phi) is 5.79. The van der Waals surface area contributed by atoms with E-state index in [9.17, 15) is 13.2 Å². The molecule has 0 saturated carbocycles. The highest BCUT2D eigenvalue weighted by atomic mass is 35.5. The second-order valence-corrected chi connectivity index (χ2v) is 8.65. The van der Waals surface area contributed by atoms with Gasteiger partial charge in [0.2, 0.25) is 0 Å². The molecule has 4 aromatic rings. The number of thiocarbonyl (C=S) groups is 1. The summed E-state index contributed by atoms with van der Waals surface area (Å²) in [6.45, 7) is 0. The topological polar surface area (TPSA) is 33.1 Å². The minimum atomic E-state index is -4.44. The third kappa shape index (κ3) is 4.15. The molecule has 9 heteroatoms. The zero-order chi connectivity index (χ0) is 23.9. The van der Waals surface area contributed by atoms with Crippen LogP contribution >= 0.6 is 23.8 Å². The van der Waals surface area contributed by atoms with Crippen LogP contribution in [0.3, 0.4) is 0 Å². The highest BCUT2D eigenvalue weighted by Gasteiger charge is 2.42. The van der Waals surface area contributed by atoms with E-state index >= 15 is 0 Å². The van der Waals surface area contributed by atoms with Gasteiger partial charge in [-0.2, -0.15) is 13.2 Å². The first-order valence-corrected chi connectivity index (χ1v) is 11.2. The quantitative estimate of drug-likeness (QED) is 0.317. The maximum Gasteiger partial charge on any atom is 0.416 e. The number of halogens is 4. The highest BCUT2D eigenvalue weighted by molar-refractivity contribution is 7.80. The Balaban J connectivity index is 1.66. The second-order valence-electron chi connectivity index (χ2n) is 7.82. The fourth-order valence-corrected chi connectivity index (χ4v) is 4.71. The molecule has 1 fully saturated rings. The number of nitrogens with one attached hydrogen (secondary N) is 1. The minimum absolute atomic E-state index is 0.330. The van der Waals surface area contributed by atoms with Crippen molar-refractivity contribution in [3.05, 3.63) is 113 Å². The van der Waals surface area contributed by atoms with Gasteiger partial charge in [0.15, 0.2) is 5.11 Å². The first-order chi connectivity index (χ1) is 16.3. The van der Waals surface area contributed by atoms with E-state index in [1.807, 2.05) is 47.4 Å². The molecule has 1 N–H and O–H groups in total. The summed E-state index contributed by atoms with van der Waals surface area (Å²) in [5.41, 5.74) is 2.03. The van der Waals surface area contributed by atoms with Crippen molar-refractivity contribution in [1.82, 2.24) is 14.9 Å². The Hall–Kier alpha value is -3.36. The molecule has 0 amide bonds. The zero-order valence-electron chi connectivity index (χ0n) is 17.6. The Morgan fingerprint density at radius 2 is 1.71 bits per heavy atom. The van der Waals surface area contributed by atoms with Crippen LogP contribution in [0.1, 0.15) is 29.0 Å². The highest BCUT2D eigenvalue weighted by Crippen LogP contribution is 2.42. The van der Waals surface area contributed by atoms with E-state index in [2.05, 4.69) is 10.3 Å². The standard InChI is InChI=1S/C25H18ClF3N4S/c26-17-9-11-18(12-10-17)33-23(22(31-24(33)34)20-7-1-2-13-30-20)21-8-4-14-32(21)19-6-3-5-16(15-19)25(27,28)29/h1-15,22-23H,(H,31,34). The summed E-state index contributed by atoms with van der Waals surface area (Å²) in [5, 5.41) is 4.43. The van der Waals surface area contributed by atoms with Crippen molar-refractivity contribution >= 4 is 34.6 Å².